The SMILES string of the molecule is c1ccc(-c2nc(-c3ccc4c(c3)sc3ccccc34)nc(-c3cc4ccc5nc(-c6ccccc6)oc5c4c4c3oc3ccccc34)n2)cc1. The van der Waals surface area contributed by atoms with Gasteiger partial charge in [-0.2, -0.15) is 0 Å². The van der Waals surface area contributed by atoms with E-state index in [4.69, 9.17) is 28.8 Å². The number of nitrogens with zero attached hydrogens (tertiary/aromatic N) is 4. The Bertz CT molecular complexity index is 3150. The van der Waals surface area contributed by atoms with E-state index in [9.17, 15) is 0 Å². The predicted octanol–water partition coefficient (Wildman–Crippen LogP) is 12.1. The first-order valence-electron chi connectivity index (χ1n) is 16.7. The van der Waals surface area contributed by atoms with Crippen molar-refractivity contribution in [1.82, 2.24) is 19.9 Å². The van der Waals surface area contributed by atoms with Gasteiger partial charge in [0.15, 0.2) is 23.1 Å². The molecule has 6 nitrogen and oxygen atoms in total. The van der Waals surface area contributed by atoms with Gasteiger partial charge in [0.2, 0.25) is 5.89 Å². The molecule has 7 aromatic carbocycles. The standard InChI is InChI=1S/C44H24N4O2S/c1-3-11-25(12-4-1)41-46-42(28-19-21-30-29-15-8-10-18-35(29)51-36(30)24-28)48-43(47-41)32-23-27-20-22-33-40(50-44(45-33)26-13-5-2-6-14-26)37(27)38-31-16-7-9-17-34(31)49-39(32)38/h1-24H. The number of fused-ring (bicyclic) bond motifs is 10. The van der Waals surface area contributed by atoms with Crippen LogP contribution in [0.4, 0.5) is 0 Å². The van der Waals surface area contributed by atoms with Crippen LogP contribution in [0.5, 0.6) is 0 Å². The molecular weight excluding hydrogens is 649 g/mol. The summed E-state index contributed by atoms with van der Waals surface area (Å²) in [6, 6.07) is 49.3. The summed E-state index contributed by atoms with van der Waals surface area (Å²) in [6.07, 6.45) is 0. The molecule has 4 heterocycles. The fourth-order valence-electron chi connectivity index (χ4n) is 7.17. The summed E-state index contributed by atoms with van der Waals surface area (Å²) >= 11 is 1.78. The van der Waals surface area contributed by atoms with Gasteiger partial charge in [0.05, 0.1) is 5.56 Å². The highest BCUT2D eigenvalue weighted by molar-refractivity contribution is 7.25. The van der Waals surface area contributed by atoms with Gasteiger partial charge in [0.1, 0.15) is 16.7 Å². The van der Waals surface area contributed by atoms with E-state index >= 15 is 0 Å². The van der Waals surface area contributed by atoms with Crippen LogP contribution < -0.4 is 0 Å². The second-order valence-electron chi connectivity index (χ2n) is 12.6. The molecule has 0 amide bonds. The van der Waals surface area contributed by atoms with Crippen molar-refractivity contribution in [2.24, 2.45) is 0 Å². The first kappa shape index (κ1) is 28.2. The molecule has 11 rings (SSSR count). The summed E-state index contributed by atoms with van der Waals surface area (Å²) in [5, 5.41) is 6.32. The fourth-order valence-corrected chi connectivity index (χ4v) is 8.31. The molecule has 0 radical (unpaired) electrons. The molecule has 4 aromatic heterocycles. The molecule has 11 aromatic rings. The highest BCUT2D eigenvalue weighted by Crippen LogP contribution is 2.44. The Morgan fingerprint density at radius 3 is 1.96 bits per heavy atom. The Labute approximate surface area is 294 Å². The first-order chi connectivity index (χ1) is 25.2. The summed E-state index contributed by atoms with van der Waals surface area (Å²) < 4.78 is 15.7. The summed E-state index contributed by atoms with van der Waals surface area (Å²) in [5.41, 5.74) is 6.49. The Morgan fingerprint density at radius 2 is 1.12 bits per heavy atom. The van der Waals surface area contributed by atoms with Gasteiger partial charge in [-0.15, -0.1) is 11.3 Å². The number of aromatic nitrogens is 4. The molecule has 238 valence electrons. The number of hydrogen-bond donors (Lipinski definition) is 0. The molecule has 0 aliphatic heterocycles. The average Bonchev–Trinajstić information content (AvgIpc) is 3.91. The molecule has 0 aliphatic carbocycles. The molecule has 0 bridgehead atoms. The Balaban J connectivity index is 1.19. The second kappa shape index (κ2) is 10.9. The molecule has 0 saturated carbocycles. The van der Waals surface area contributed by atoms with E-state index in [1.54, 1.807) is 11.3 Å². The zero-order valence-corrected chi connectivity index (χ0v) is 27.7. The number of hydrogen-bond acceptors (Lipinski definition) is 7. The van der Waals surface area contributed by atoms with Crippen molar-refractivity contribution in [2.45, 2.75) is 0 Å². The van der Waals surface area contributed by atoms with Crippen LogP contribution in [0.3, 0.4) is 0 Å². The van der Waals surface area contributed by atoms with Crippen molar-refractivity contribution >= 4 is 75.3 Å². The highest BCUT2D eigenvalue weighted by atomic mass is 32.1. The molecule has 0 N–H and O–H groups in total. The minimum Gasteiger partial charge on any atom is -0.455 e. The quantitative estimate of drug-likeness (QED) is 0.185. The van der Waals surface area contributed by atoms with E-state index in [0.29, 0.717) is 34.5 Å². The van der Waals surface area contributed by atoms with E-state index < -0.39 is 0 Å². The van der Waals surface area contributed by atoms with Crippen LogP contribution in [0, 0.1) is 0 Å². The van der Waals surface area contributed by atoms with Crippen molar-refractivity contribution in [3.05, 3.63) is 146 Å². The molecule has 0 spiro atoms. The summed E-state index contributed by atoms with van der Waals surface area (Å²) in [6.45, 7) is 0. The van der Waals surface area contributed by atoms with Crippen molar-refractivity contribution < 1.29 is 8.83 Å². The third kappa shape index (κ3) is 4.42. The topological polar surface area (TPSA) is 77.8 Å². The minimum absolute atomic E-state index is 0.531. The molecule has 51 heavy (non-hydrogen) atoms. The zero-order valence-electron chi connectivity index (χ0n) is 26.9. The summed E-state index contributed by atoms with van der Waals surface area (Å²) in [7, 11) is 0. The fraction of sp³-hybridized carbons (Fsp3) is 0. The number of para-hydroxylation sites is 1. The molecule has 0 unspecified atom stereocenters. The van der Waals surface area contributed by atoms with Gasteiger partial charge in [-0.05, 0) is 47.9 Å². The maximum absolute atomic E-state index is 6.71. The van der Waals surface area contributed by atoms with Gasteiger partial charge < -0.3 is 8.83 Å². The number of rotatable bonds is 4. The third-order valence-electron chi connectivity index (χ3n) is 9.55. The number of benzene rings is 7. The van der Waals surface area contributed by atoms with Gasteiger partial charge in [-0.1, -0.05) is 103 Å². The van der Waals surface area contributed by atoms with Crippen molar-refractivity contribution in [2.75, 3.05) is 0 Å². The van der Waals surface area contributed by atoms with Crippen LogP contribution in [0.1, 0.15) is 0 Å². The maximum atomic E-state index is 6.71. The lowest BCUT2D eigenvalue weighted by molar-refractivity contribution is 0.623. The van der Waals surface area contributed by atoms with Crippen LogP contribution in [0.25, 0.3) is 110 Å². The van der Waals surface area contributed by atoms with Gasteiger partial charge in [-0.25, -0.2) is 19.9 Å². The number of thiophene rings is 1. The molecular formula is C44H24N4O2S. The lowest BCUT2D eigenvalue weighted by Crippen LogP contribution is -2.00. The summed E-state index contributed by atoms with van der Waals surface area (Å²) in [4.78, 5) is 20.2. The molecule has 0 atom stereocenters. The van der Waals surface area contributed by atoms with E-state index in [1.165, 1.54) is 20.2 Å². The number of oxazole rings is 1. The van der Waals surface area contributed by atoms with Crippen molar-refractivity contribution in [1.29, 1.82) is 0 Å². The lowest BCUT2D eigenvalue weighted by Gasteiger charge is -2.10. The Morgan fingerprint density at radius 1 is 0.431 bits per heavy atom. The van der Waals surface area contributed by atoms with Crippen LogP contribution in [0.15, 0.2) is 154 Å². The van der Waals surface area contributed by atoms with Crippen LogP contribution >= 0.6 is 11.3 Å². The monoisotopic (exact) mass is 672 g/mol. The zero-order chi connectivity index (χ0) is 33.5. The highest BCUT2D eigenvalue weighted by Gasteiger charge is 2.23. The molecule has 0 saturated heterocycles. The molecule has 7 heteroatoms. The lowest BCUT2D eigenvalue weighted by atomic mass is 9.99. The van der Waals surface area contributed by atoms with E-state index in [2.05, 4.69) is 60.7 Å². The normalized spacial score (nSPS) is 11.9. The van der Waals surface area contributed by atoms with Crippen LogP contribution in [-0.2, 0) is 0 Å². The third-order valence-corrected chi connectivity index (χ3v) is 10.7. The summed E-state index contributed by atoms with van der Waals surface area (Å²) in [5.74, 6) is 2.30. The second-order valence-corrected chi connectivity index (χ2v) is 13.7. The Hall–Kier alpha value is -6.70. The largest absolute Gasteiger partial charge is 0.455 e. The van der Waals surface area contributed by atoms with E-state index in [1.807, 2.05) is 84.9 Å². The van der Waals surface area contributed by atoms with Gasteiger partial charge >= 0.3 is 0 Å². The van der Waals surface area contributed by atoms with Crippen molar-refractivity contribution in [3.63, 3.8) is 0 Å². The van der Waals surface area contributed by atoms with Crippen LogP contribution in [0.2, 0.25) is 0 Å². The number of furan rings is 1. The smallest absolute Gasteiger partial charge is 0.227 e. The first-order valence-corrected chi connectivity index (χ1v) is 17.5. The predicted molar refractivity (Wildman–Crippen MR) is 207 cm³/mol. The van der Waals surface area contributed by atoms with Gasteiger partial charge in [0.25, 0.3) is 0 Å². The Kier molecular flexibility index (Phi) is 6.02. The average molecular weight is 673 g/mol. The maximum Gasteiger partial charge on any atom is 0.227 e. The van der Waals surface area contributed by atoms with E-state index in [-0.39, 0.29) is 0 Å². The minimum atomic E-state index is 0.531. The van der Waals surface area contributed by atoms with Gasteiger partial charge in [0, 0.05) is 53.0 Å². The van der Waals surface area contributed by atoms with Crippen molar-refractivity contribution in [3.8, 4) is 45.6 Å². The molecule has 0 fully saturated rings. The molecule has 0 aliphatic rings. The van der Waals surface area contributed by atoms with Crippen LogP contribution in [-0.4, -0.2) is 19.9 Å². The van der Waals surface area contributed by atoms with E-state index in [0.717, 1.165) is 54.9 Å². The van der Waals surface area contributed by atoms with Gasteiger partial charge in [-0.3, -0.25) is 0 Å².